The van der Waals surface area contributed by atoms with Crippen molar-refractivity contribution >= 4 is 39.5 Å². The van der Waals surface area contributed by atoms with Crippen molar-refractivity contribution in [1.82, 2.24) is 0 Å². The molecule has 0 spiro atoms. The van der Waals surface area contributed by atoms with Gasteiger partial charge in [0.05, 0.1) is 26.4 Å². The van der Waals surface area contributed by atoms with Crippen LogP contribution in [0.3, 0.4) is 0 Å². The van der Waals surface area contributed by atoms with Crippen LogP contribution in [0.25, 0.3) is 0 Å². The molecule has 19 heteroatoms. The molecule has 0 aromatic heterocycles. The molecule has 0 aromatic rings. The molecule has 0 heterocycles. The van der Waals surface area contributed by atoms with Gasteiger partial charge in [0, 0.05) is 25.7 Å². The predicted octanol–water partition coefficient (Wildman–Crippen LogP) is 23.2. The van der Waals surface area contributed by atoms with Crippen LogP contribution in [0.15, 0.2) is 0 Å². The van der Waals surface area contributed by atoms with Crippen molar-refractivity contribution in [1.29, 1.82) is 0 Å². The van der Waals surface area contributed by atoms with Crippen molar-refractivity contribution in [2.75, 3.05) is 39.6 Å². The number of hydrogen-bond acceptors (Lipinski definition) is 15. The van der Waals surface area contributed by atoms with Crippen LogP contribution in [-0.2, 0) is 65.4 Å². The van der Waals surface area contributed by atoms with E-state index in [1.807, 2.05) is 0 Å². The van der Waals surface area contributed by atoms with Gasteiger partial charge in [-0.2, -0.15) is 0 Å². The number of rotatable bonds is 76. The van der Waals surface area contributed by atoms with Gasteiger partial charge in [-0.3, -0.25) is 37.3 Å². The number of aliphatic hydroxyl groups is 1. The first-order valence-corrected chi connectivity index (χ1v) is 43.7. The average molecular weight is 1440 g/mol. The highest BCUT2D eigenvalue weighted by Gasteiger charge is 2.30. The molecule has 6 atom stereocenters. The summed E-state index contributed by atoms with van der Waals surface area (Å²) in [4.78, 5) is 72.9. The molecule has 0 aromatic carbocycles. The fraction of sp³-hybridized carbons (Fsp3) is 0.949. The summed E-state index contributed by atoms with van der Waals surface area (Å²) in [5.41, 5.74) is 0. The van der Waals surface area contributed by atoms with E-state index >= 15 is 0 Å². The Balaban J connectivity index is 5.18. The standard InChI is InChI=1S/C79H154O17P2/c1-9-72(8)58-50-42-34-25-21-17-14-15-19-23-27-36-45-53-61-78(83)95-75(66-90-77(82)60-52-44-38-30-33-41-49-57-71(6)7)68-94-98(87,88)92-64-73(80)63-91-97(85,86)93-67-74(96-79(84)62-54-46-37-29-28-32-40-48-56-70(4)5)65-89-76(81)59-51-43-35-26-22-18-13-11-10-12-16-20-24-31-39-47-55-69(2)3/h69-75,80H,9-68H2,1-8H3,(H,85,86)(H,87,88)/t72?,73?,74-,75-/m1/s1. The molecule has 0 bridgehead atoms. The number of unbranched alkanes of at least 4 members (excludes halogenated alkanes) is 41. The number of carbonyl (C=O) groups excluding carboxylic acids is 4. The van der Waals surface area contributed by atoms with Gasteiger partial charge >= 0.3 is 39.5 Å². The third-order valence-electron chi connectivity index (χ3n) is 18.7. The molecule has 98 heavy (non-hydrogen) atoms. The zero-order valence-electron chi connectivity index (χ0n) is 64.4. The van der Waals surface area contributed by atoms with Crippen molar-refractivity contribution in [2.45, 2.75) is 420 Å². The summed E-state index contributed by atoms with van der Waals surface area (Å²) in [6.07, 6.45) is 54.3. The van der Waals surface area contributed by atoms with Gasteiger partial charge in [0.1, 0.15) is 19.3 Å². The fourth-order valence-electron chi connectivity index (χ4n) is 12.0. The number of esters is 4. The van der Waals surface area contributed by atoms with Crippen LogP contribution < -0.4 is 0 Å². The van der Waals surface area contributed by atoms with E-state index in [2.05, 4.69) is 55.4 Å². The first-order chi connectivity index (χ1) is 47.1. The van der Waals surface area contributed by atoms with E-state index in [0.29, 0.717) is 31.6 Å². The minimum absolute atomic E-state index is 0.104. The maximum Gasteiger partial charge on any atom is 0.472 e. The number of hydrogen-bond donors (Lipinski definition) is 3. The van der Waals surface area contributed by atoms with Crippen molar-refractivity contribution in [2.24, 2.45) is 23.7 Å². The lowest BCUT2D eigenvalue weighted by atomic mass is 9.99. The fourth-order valence-corrected chi connectivity index (χ4v) is 13.6. The zero-order chi connectivity index (χ0) is 72.4. The Morgan fingerprint density at radius 2 is 0.490 bits per heavy atom. The summed E-state index contributed by atoms with van der Waals surface area (Å²) in [5.74, 6) is 0.962. The van der Waals surface area contributed by atoms with Crippen LogP contribution in [0.4, 0.5) is 0 Å². The molecule has 0 amide bonds. The summed E-state index contributed by atoms with van der Waals surface area (Å²) in [6, 6.07) is 0. The molecule has 0 rings (SSSR count). The van der Waals surface area contributed by atoms with Crippen LogP contribution >= 0.6 is 15.6 Å². The van der Waals surface area contributed by atoms with Gasteiger partial charge in [-0.05, 0) is 49.4 Å². The van der Waals surface area contributed by atoms with Crippen LogP contribution in [0.2, 0.25) is 0 Å². The normalized spacial score (nSPS) is 14.3. The lowest BCUT2D eigenvalue weighted by molar-refractivity contribution is -0.161. The second-order valence-electron chi connectivity index (χ2n) is 30.1. The number of phosphoric acid groups is 2. The predicted molar refractivity (Wildman–Crippen MR) is 400 cm³/mol. The van der Waals surface area contributed by atoms with Gasteiger partial charge in [0.2, 0.25) is 0 Å². The molecular formula is C79H154O17P2. The number of phosphoric ester groups is 2. The second-order valence-corrected chi connectivity index (χ2v) is 33.0. The zero-order valence-corrected chi connectivity index (χ0v) is 66.2. The van der Waals surface area contributed by atoms with E-state index in [4.69, 9.17) is 37.0 Å². The second kappa shape index (κ2) is 68.2. The molecular weight excluding hydrogens is 1280 g/mol. The monoisotopic (exact) mass is 1440 g/mol. The van der Waals surface area contributed by atoms with E-state index < -0.39 is 97.5 Å². The highest BCUT2D eigenvalue weighted by molar-refractivity contribution is 7.47. The van der Waals surface area contributed by atoms with Gasteiger partial charge in [-0.1, -0.05) is 351 Å². The molecule has 17 nitrogen and oxygen atoms in total. The summed E-state index contributed by atoms with van der Waals surface area (Å²) >= 11 is 0. The maximum absolute atomic E-state index is 13.1. The maximum atomic E-state index is 13.1. The van der Waals surface area contributed by atoms with Crippen LogP contribution in [0.1, 0.15) is 402 Å². The van der Waals surface area contributed by atoms with E-state index in [1.165, 1.54) is 199 Å². The van der Waals surface area contributed by atoms with Crippen LogP contribution in [0, 0.1) is 23.7 Å². The smallest absolute Gasteiger partial charge is 0.462 e. The van der Waals surface area contributed by atoms with Crippen molar-refractivity contribution in [3.63, 3.8) is 0 Å². The van der Waals surface area contributed by atoms with Crippen LogP contribution in [0.5, 0.6) is 0 Å². The van der Waals surface area contributed by atoms with Gasteiger partial charge in [-0.25, -0.2) is 9.13 Å². The first-order valence-electron chi connectivity index (χ1n) is 40.7. The number of ether oxygens (including phenoxy) is 4. The highest BCUT2D eigenvalue weighted by atomic mass is 31.2. The van der Waals surface area contributed by atoms with Gasteiger partial charge in [-0.15, -0.1) is 0 Å². The number of aliphatic hydroxyl groups excluding tert-OH is 1. The lowest BCUT2D eigenvalue weighted by Gasteiger charge is -2.21. The van der Waals surface area contributed by atoms with Gasteiger partial charge in [0.25, 0.3) is 0 Å². The van der Waals surface area contributed by atoms with Crippen LogP contribution in [-0.4, -0.2) is 96.7 Å². The quantitative estimate of drug-likeness (QED) is 0.0222. The van der Waals surface area contributed by atoms with E-state index in [-0.39, 0.29) is 25.7 Å². The number of carbonyl (C=O) groups is 4. The van der Waals surface area contributed by atoms with E-state index in [0.717, 1.165) is 114 Å². The topological polar surface area (TPSA) is 237 Å². The molecule has 0 aliphatic rings. The summed E-state index contributed by atoms with van der Waals surface area (Å²) in [7, 11) is -9.92. The molecule has 0 aliphatic carbocycles. The molecule has 4 unspecified atom stereocenters. The third-order valence-corrected chi connectivity index (χ3v) is 20.6. The van der Waals surface area contributed by atoms with Gasteiger partial charge in [0.15, 0.2) is 12.2 Å². The Bertz CT molecular complexity index is 1920. The minimum atomic E-state index is -4.96. The summed E-state index contributed by atoms with van der Waals surface area (Å²) in [5, 5.41) is 10.6. The Morgan fingerprint density at radius 3 is 0.724 bits per heavy atom. The molecule has 0 saturated carbocycles. The Labute approximate surface area is 600 Å². The molecule has 0 saturated heterocycles. The van der Waals surface area contributed by atoms with E-state index in [1.54, 1.807) is 0 Å². The average Bonchev–Trinajstić information content (AvgIpc) is 1.16. The third kappa shape index (κ3) is 71.1. The minimum Gasteiger partial charge on any atom is -0.462 e. The molecule has 0 aliphatic heterocycles. The molecule has 0 fully saturated rings. The van der Waals surface area contributed by atoms with Crippen molar-refractivity contribution in [3.8, 4) is 0 Å². The van der Waals surface area contributed by atoms with E-state index in [9.17, 15) is 43.2 Å². The Kier molecular flexibility index (Phi) is 66.8. The van der Waals surface area contributed by atoms with Gasteiger partial charge < -0.3 is 33.8 Å². The summed E-state index contributed by atoms with van der Waals surface area (Å²) < 4.78 is 68.6. The molecule has 582 valence electrons. The van der Waals surface area contributed by atoms with Crippen molar-refractivity contribution in [3.05, 3.63) is 0 Å². The SMILES string of the molecule is CCC(C)CCCCCCCCCCCCCCCCC(=O)O[C@H](COC(=O)CCCCCCCCCC(C)C)COP(=O)(O)OCC(O)COP(=O)(O)OC[C@@H](COC(=O)CCCCCCCCCCCCCCCCCCC(C)C)OC(=O)CCCCCCCCCCC(C)C. The largest absolute Gasteiger partial charge is 0.472 e. The highest BCUT2D eigenvalue weighted by Crippen LogP contribution is 2.45. The first kappa shape index (κ1) is 96.1. The Hall–Kier alpha value is -1.94. The molecule has 0 radical (unpaired) electrons. The summed E-state index contributed by atoms with van der Waals surface area (Å²) in [6.45, 7) is 14.2. The lowest BCUT2D eigenvalue weighted by Crippen LogP contribution is -2.30. The Morgan fingerprint density at radius 1 is 0.286 bits per heavy atom. The molecule has 3 N–H and O–H groups in total. The van der Waals surface area contributed by atoms with Crippen molar-refractivity contribution < 1.29 is 80.2 Å².